The van der Waals surface area contributed by atoms with Gasteiger partial charge in [-0.25, -0.2) is 14.5 Å². The fraction of sp³-hybridized carbons (Fsp3) is 0.200. The largest absolute Gasteiger partial charge is 0.361 e. The summed E-state index contributed by atoms with van der Waals surface area (Å²) in [6, 6.07) is 14.2. The van der Waals surface area contributed by atoms with Gasteiger partial charge in [0.25, 0.3) is 5.69 Å². The monoisotopic (exact) mass is 364 g/mol. The van der Waals surface area contributed by atoms with Crippen molar-refractivity contribution < 1.29 is 14.0 Å². The standard InChI is InChI=1S/C20H17N3O4/c24-20-17(19(21-27-20)14-6-2-1-3-7-14)13-15-12-16(23(25)26)8-9-18(15)22-10-4-5-11-22/h1-3,6-10,12H,4-5,11,13H2/p+1. The molecule has 7 heteroatoms. The van der Waals surface area contributed by atoms with Crippen LogP contribution < -0.4 is 5.63 Å². The van der Waals surface area contributed by atoms with Crippen molar-refractivity contribution in [3.05, 3.63) is 80.2 Å². The van der Waals surface area contributed by atoms with Crippen molar-refractivity contribution in [3.8, 4) is 11.3 Å². The minimum Gasteiger partial charge on any atom is -0.338 e. The number of aromatic nitrogens is 1. The molecule has 4 rings (SSSR count). The van der Waals surface area contributed by atoms with E-state index in [0.29, 0.717) is 11.3 Å². The zero-order valence-corrected chi connectivity index (χ0v) is 14.6. The van der Waals surface area contributed by atoms with Gasteiger partial charge in [0, 0.05) is 48.6 Å². The Morgan fingerprint density at radius 2 is 2.00 bits per heavy atom. The Bertz CT molecular complexity index is 1080. The summed E-state index contributed by atoms with van der Waals surface area (Å²) in [4.78, 5) is 23.1. The Kier molecular flexibility index (Phi) is 4.42. The molecule has 1 aliphatic heterocycles. The van der Waals surface area contributed by atoms with Crippen LogP contribution in [0.1, 0.15) is 24.0 Å². The van der Waals surface area contributed by atoms with Gasteiger partial charge in [0.15, 0.2) is 0 Å². The van der Waals surface area contributed by atoms with E-state index < -0.39 is 10.5 Å². The van der Waals surface area contributed by atoms with E-state index >= 15 is 0 Å². The number of rotatable bonds is 5. The van der Waals surface area contributed by atoms with E-state index in [4.69, 9.17) is 4.52 Å². The molecule has 0 radical (unpaired) electrons. The lowest BCUT2D eigenvalue weighted by atomic mass is 9.99. The average Bonchev–Trinajstić information content (AvgIpc) is 3.33. The number of H-pyrrole nitrogens is 1. The Hall–Kier alpha value is -3.48. The first-order chi connectivity index (χ1) is 13.1. The minimum absolute atomic E-state index is 0.00846. The fourth-order valence-corrected chi connectivity index (χ4v) is 3.44. The molecular formula is C20H18N3O4+. The molecule has 0 unspecified atom stereocenters. The molecule has 27 heavy (non-hydrogen) atoms. The van der Waals surface area contributed by atoms with E-state index in [1.54, 1.807) is 12.1 Å². The molecule has 0 amide bonds. The molecule has 0 fully saturated rings. The van der Waals surface area contributed by atoms with Crippen LogP contribution in [-0.2, 0) is 6.42 Å². The summed E-state index contributed by atoms with van der Waals surface area (Å²) in [5.41, 5.74) is 3.05. The molecule has 2 aromatic carbocycles. The predicted octanol–water partition coefficient (Wildman–Crippen LogP) is 3.64. The molecule has 0 aliphatic carbocycles. The Labute approximate surface area is 154 Å². The van der Waals surface area contributed by atoms with Crippen LogP contribution >= 0.6 is 0 Å². The number of hydrogen-bond donors (Lipinski definition) is 1. The molecule has 0 saturated heterocycles. The molecule has 7 nitrogen and oxygen atoms in total. The van der Waals surface area contributed by atoms with Crippen LogP contribution in [0.2, 0.25) is 0 Å². The van der Waals surface area contributed by atoms with E-state index in [0.717, 1.165) is 36.2 Å². The second kappa shape index (κ2) is 7.03. The zero-order chi connectivity index (χ0) is 18.8. The van der Waals surface area contributed by atoms with Crippen molar-refractivity contribution in [1.82, 2.24) is 5.16 Å². The maximum Gasteiger partial charge on any atom is 0.361 e. The number of benzene rings is 2. The summed E-state index contributed by atoms with van der Waals surface area (Å²) >= 11 is 0. The fourth-order valence-electron chi connectivity index (χ4n) is 3.44. The highest BCUT2D eigenvalue weighted by Gasteiger charge is 2.24. The maximum absolute atomic E-state index is 12.3. The van der Waals surface area contributed by atoms with Gasteiger partial charge in [-0.05, 0) is 0 Å². The first kappa shape index (κ1) is 17.0. The van der Waals surface area contributed by atoms with Crippen LogP contribution in [0.3, 0.4) is 0 Å². The lowest BCUT2D eigenvalue weighted by Crippen LogP contribution is -2.09. The van der Waals surface area contributed by atoms with E-state index in [1.165, 1.54) is 6.07 Å². The van der Waals surface area contributed by atoms with Crippen LogP contribution in [0.25, 0.3) is 11.3 Å². The number of nitrogens with zero attached hydrogens (tertiary/aromatic N) is 2. The molecule has 2 heterocycles. The quantitative estimate of drug-likeness (QED) is 0.425. The summed E-state index contributed by atoms with van der Waals surface area (Å²) in [6.45, 7) is 0.859. The number of nitro benzene ring substituents is 1. The van der Waals surface area contributed by atoms with Crippen LogP contribution in [0.5, 0.6) is 0 Å². The summed E-state index contributed by atoms with van der Waals surface area (Å²) in [6.07, 6.45) is 4.34. The van der Waals surface area contributed by atoms with Crippen LogP contribution in [0.4, 0.5) is 11.4 Å². The number of nitrogens with one attached hydrogen (secondary N) is 1. The highest BCUT2D eigenvalue weighted by molar-refractivity contribution is 5.64. The van der Waals surface area contributed by atoms with Crippen molar-refractivity contribution in [1.29, 1.82) is 0 Å². The average molecular weight is 364 g/mol. The zero-order valence-electron chi connectivity index (χ0n) is 14.6. The Balaban J connectivity index is 1.81. The van der Waals surface area contributed by atoms with Crippen LogP contribution in [-0.4, -0.2) is 27.4 Å². The summed E-state index contributed by atoms with van der Waals surface area (Å²) in [7, 11) is 0. The Morgan fingerprint density at radius 1 is 1.19 bits per heavy atom. The van der Waals surface area contributed by atoms with Gasteiger partial charge in [-0.2, -0.15) is 0 Å². The van der Waals surface area contributed by atoms with Gasteiger partial charge in [0.05, 0.1) is 16.2 Å². The predicted molar refractivity (Wildman–Crippen MR) is 101 cm³/mol. The number of nitro groups is 1. The lowest BCUT2D eigenvalue weighted by molar-refractivity contribution is -0.427. The van der Waals surface area contributed by atoms with Crippen LogP contribution in [0.15, 0.2) is 57.8 Å². The number of aromatic amines is 1. The van der Waals surface area contributed by atoms with Gasteiger partial charge < -0.3 is 4.52 Å². The van der Waals surface area contributed by atoms with Crippen molar-refractivity contribution in [3.63, 3.8) is 0 Å². The topological polar surface area (TPSA) is 92.2 Å². The summed E-state index contributed by atoms with van der Waals surface area (Å²) in [5, 5.41) is 13.9. The highest BCUT2D eigenvalue weighted by Crippen LogP contribution is 2.30. The van der Waals surface area contributed by atoms with Crippen molar-refractivity contribution >= 4 is 17.6 Å². The third-order valence-electron chi connectivity index (χ3n) is 4.76. The first-order valence-corrected chi connectivity index (χ1v) is 8.76. The first-order valence-electron chi connectivity index (χ1n) is 8.76. The van der Waals surface area contributed by atoms with Gasteiger partial charge >= 0.3 is 5.63 Å². The molecule has 1 aromatic heterocycles. The lowest BCUT2D eigenvalue weighted by Gasteiger charge is -2.06. The molecular weight excluding hydrogens is 346 g/mol. The molecule has 1 aliphatic rings. The minimum atomic E-state index is -0.461. The van der Waals surface area contributed by atoms with E-state index in [2.05, 4.69) is 15.9 Å². The summed E-state index contributed by atoms with van der Waals surface area (Å²) < 4.78 is 7.12. The Morgan fingerprint density at radius 3 is 2.70 bits per heavy atom. The second-order valence-electron chi connectivity index (χ2n) is 6.48. The molecule has 3 aromatic rings. The van der Waals surface area contributed by atoms with Crippen molar-refractivity contribution in [2.45, 2.75) is 19.3 Å². The highest BCUT2D eigenvalue weighted by atomic mass is 16.6. The van der Waals surface area contributed by atoms with Gasteiger partial charge in [0.2, 0.25) is 5.69 Å². The molecule has 0 spiro atoms. The third-order valence-corrected chi connectivity index (χ3v) is 4.76. The second-order valence-corrected chi connectivity index (χ2v) is 6.48. The van der Waals surface area contributed by atoms with Gasteiger partial charge in [-0.15, -0.1) is 0 Å². The van der Waals surface area contributed by atoms with Gasteiger partial charge in [-0.3, -0.25) is 10.1 Å². The van der Waals surface area contributed by atoms with E-state index in [1.807, 2.05) is 30.3 Å². The smallest absolute Gasteiger partial charge is 0.338 e. The van der Waals surface area contributed by atoms with E-state index in [-0.39, 0.29) is 12.1 Å². The number of non-ortho nitro benzene ring substituents is 1. The summed E-state index contributed by atoms with van der Waals surface area (Å²) in [5.74, 6) is 0. The number of hydrogen-bond acceptors (Lipinski definition) is 4. The van der Waals surface area contributed by atoms with Crippen molar-refractivity contribution in [2.24, 2.45) is 0 Å². The molecule has 0 bridgehead atoms. The third kappa shape index (κ3) is 3.31. The molecule has 1 N–H and O–H groups in total. The van der Waals surface area contributed by atoms with Crippen LogP contribution in [0, 0.1) is 10.1 Å². The SMILES string of the molecule is O=c1o[nH]c(-c2ccccc2)c1Cc1cc([N+](=O)[O-])ccc1[N+]1=CCCC1. The maximum atomic E-state index is 12.3. The molecule has 0 atom stereocenters. The van der Waals surface area contributed by atoms with E-state index in [9.17, 15) is 14.9 Å². The van der Waals surface area contributed by atoms with Crippen molar-refractivity contribution in [2.75, 3.05) is 6.54 Å². The normalized spacial score (nSPS) is 13.6. The van der Waals surface area contributed by atoms with Gasteiger partial charge in [-0.1, -0.05) is 30.3 Å². The molecule has 0 saturated carbocycles. The molecule has 136 valence electrons. The van der Waals surface area contributed by atoms with Gasteiger partial charge in [0.1, 0.15) is 12.8 Å².